The Bertz CT molecular complexity index is 532. The van der Waals surface area contributed by atoms with Crippen LogP contribution in [0.4, 0.5) is 4.39 Å². The number of carbonyl (C=O) groups excluding carboxylic acids is 2. The van der Waals surface area contributed by atoms with Gasteiger partial charge in [-0.2, -0.15) is 0 Å². The molecule has 0 radical (unpaired) electrons. The number of rotatable bonds is 2. The zero-order valence-corrected chi connectivity index (χ0v) is 11.4. The molecule has 108 valence electrons. The molecule has 0 aromatic heterocycles. The molecule has 1 atom stereocenters. The van der Waals surface area contributed by atoms with Crippen LogP contribution >= 0.6 is 0 Å². The quantitative estimate of drug-likeness (QED) is 0.763. The van der Waals surface area contributed by atoms with E-state index in [1.54, 1.807) is 6.92 Å². The number of aryl methyl sites for hydroxylation is 1. The molecule has 1 aromatic rings. The number of hydrogen-bond acceptors (Lipinski definition) is 4. The number of benzene rings is 1. The first-order valence-corrected chi connectivity index (χ1v) is 6.27. The molecule has 1 amide bonds. The van der Waals surface area contributed by atoms with Crippen LogP contribution in [0.25, 0.3) is 0 Å². The molecule has 5 nitrogen and oxygen atoms in total. The first-order valence-electron chi connectivity index (χ1n) is 6.27. The summed E-state index contributed by atoms with van der Waals surface area (Å²) < 4.78 is 23.0. The largest absolute Gasteiger partial charge is 0.467 e. The highest BCUT2D eigenvalue weighted by Crippen LogP contribution is 2.17. The van der Waals surface area contributed by atoms with Gasteiger partial charge in [-0.1, -0.05) is 0 Å². The average molecular weight is 281 g/mol. The molecule has 1 aromatic carbocycles. The predicted molar refractivity (Wildman–Crippen MR) is 68.8 cm³/mol. The highest BCUT2D eigenvalue weighted by Gasteiger charge is 2.34. The lowest BCUT2D eigenvalue weighted by Crippen LogP contribution is -2.53. The first kappa shape index (κ1) is 14.5. The van der Waals surface area contributed by atoms with Crippen molar-refractivity contribution >= 4 is 11.9 Å². The third kappa shape index (κ3) is 2.80. The van der Waals surface area contributed by atoms with E-state index in [1.807, 2.05) is 0 Å². The number of nitrogens with zero attached hydrogens (tertiary/aromatic N) is 1. The molecule has 1 aliphatic rings. The fraction of sp³-hybridized carbons (Fsp3) is 0.429. The lowest BCUT2D eigenvalue weighted by atomic mass is 10.1. The second kappa shape index (κ2) is 6.00. The second-order valence-corrected chi connectivity index (χ2v) is 4.57. The maximum atomic E-state index is 13.1. The molecule has 1 unspecified atom stereocenters. The Balaban J connectivity index is 2.27. The van der Waals surface area contributed by atoms with Gasteiger partial charge in [0.1, 0.15) is 5.82 Å². The van der Waals surface area contributed by atoms with Gasteiger partial charge in [0.2, 0.25) is 0 Å². The summed E-state index contributed by atoms with van der Waals surface area (Å²) in [7, 11) is 1.27. The van der Waals surface area contributed by atoms with E-state index in [4.69, 9.17) is 4.74 Å². The molecule has 0 aliphatic carbocycles. The molecule has 0 bridgehead atoms. The Kier molecular flexibility index (Phi) is 4.34. The summed E-state index contributed by atoms with van der Waals surface area (Å²) in [6.45, 7) is 2.43. The van der Waals surface area contributed by atoms with Crippen molar-refractivity contribution in [2.45, 2.75) is 13.0 Å². The van der Waals surface area contributed by atoms with E-state index in [9.17, 15) is 14.0 Å². The van der Waals surface area contributed by atoms with Crippen LogP contribution in [0.1, 0.15) is 15.9 Å². The van der Waals surface area contributed by atoms with E-state index in [0.29, 0.717) is 24.3 Å². The molecule has 0 spiro atoms. The first-order chi connectivity index (χ1) is 9.54. The van der Waals surface area contributed by atoms with E-state index in [1.165, 1.54) is 30.2 Å². The minimum atomic E-state index is -0.759. The standard InChI is InChI=1S/C14H16FNO4/c1-9-7-10(15)3-4-11(9)13(17)16-5-6-20-8-12(16)14(18)19-2/h3-4,7,12H,5-6,8H2,1-2H3. The molecule has 1 aliphatic heterocycles. The maximum absolute atomic E-state index is 13.1. The Morgan fingerprint density at radius 1 is 1.45 bits per heavy atom. The van der Waals surface area contributed by atoms with Crippen molar-refractivity contribution in [3.05, 3.63) is 35.1 Å². The van der Waals surface area contributed by atoms with Crippen molar-refractivity contribution in [3.8, 4) is 0 Å². The number of hydrogen-bond donors (Lipinski definition) is 0. The lowest BCUT2D eigenvalue weighted by molar-refractivity contribution is -0.151. The predicted octanol–water partition coefficient (Wildman–Crippen LogP) is 1.15. The zero-order valence-electron chi connectivity index (χ0n) is 11.4. The topological polar surface area (TPSA) is 55.8 Å². The number of amides is 1. The third-order valence-corrected chi connectivity index (χ3v) is 3.28. The van der Waals surface area contributed by atoms with Crippen LogP contribution in [0.3, 0.4) is 0 Å². The maximum Gasteiger partial charge on any atom is 0.331 e. The van der Waals surface area contributed by atoms with Gasteiger partial charge in [0.15, 0.2) is 6.04 Å². The van der Waals surface area contributed by atoms with Crippen LogP contribution in [-0.2, 0) is 14.3 Å². The number of esters is 1. The summed E-state index contributed by atoms with van der Waals surface area (Å²) in [5.41, 5.74) is 0.910. The van der Waals surface area contributed by atoms with E-state index >= 15 is 0 Å². The highest BCUT2D eigenvalue weighted by molar-refractivity contribution is 5.98. The third-order valence-electron chi connectivity index (χ3n) is 3.28. The number of morpholine rings is 1. The fourth-order valence-electron chi connectivity index (χ4n) is 2.20. The molecular formula is C14H16FNO4. The van der Waals surface area contributed by atoms with E-state index < -0.39 is 17.8 Å². The summed E-state index contributed by atoms with van der Waals surface area (Å²) in [5, 5.41) is 0. The van der Waals surface area contributed by atoms with E-state index in [0.717, 1.165) is 0 Å². The van der Waals surface area contributed by atoms with Gasteiger partial charge in [0.05, 0.1) is 20.3 Å². The molecular weight excluding hydrogens is 265 g/mol. The van der Waals surface area contributed by atoms with Crippen molar-refractivity contribution in [1.29, 1.82) is 0 Å². The van der Waals surface area contributed by atoms with Gasteiger partial charge in [-0.15, -0.1) is 0 Å². The van der Waals surface area contributed by atoms with Crippen LogP contribution in [0, 0.1) is 12.7 Å². The molecule has 1 heterocycles. The van der Waals surface area contributed by atoms with E-state index in [2.05, 4.69) is 4.74 Å². The molecule has 0 saturated carbocycles. The number of halogens is 1. The molecule has 2 rings (SSSR count). The highest BCUT2D eigenvalue weighted by atomic mass is 19.1. The minimum Gasteiger partial charge on any atom is -0.467 e. The van der Waals surface area contributed by atoms with Gasteiger partial charge in [0, 0.05) is 12.1 Å². The Morgan fingerprint density at radius 2 is 2.20 bits per heavy atom. The lowest BCUT2D eigenvalue weighted by Gasteiger charge is -2.34. The van der Waals surface area contributed by atoms with Crippen molar-refractivity contribution in [3.63, 3.8) is 0 Å². The van der Waals surface area contributed by atoms with Crippen molar-refractivity contribution in [2.75, 3.05) is 26.9 Å². The summed E-state index contributed by atoms with van der Waals surface area (Å²) in [4.78, 5) is 25.6. The second-order valence-electron chi connectivity index (χ2n) is 4.57. The fourth-order valence-corrected chi connectivity index (χ4v) is 2.20. The van der Waals surface area contributed by atoms with Gasteiger partial charge >= 0.3 is 5.97 Å². The number of methoxy groups -OCH3 is 1. The number of carbonyl (C=O) groups is 2. The van der Waals surface area contributed by atoms with Crippen molar-refractivity contribution < 1.29 is 23.5 Å². The molecule has 20 heavy (non-hydrogen) atoms. The number of ether oxygens (including phenoxy) is 2. The smallest absolute Gasteiger partial charge is 0.331 e. The van der Waals surface area contributed by atoms with Crippen LogP contribution in [0.15, 0.2) is 18.2 Å². The van der Waals surface area contributed by atoms with E-state index in [-0.39, 0.29) is 12.5 Å². The SMILES string of the molecule is COC(=O)C1COCCN1C(=O)c1ccc(F)cc1C. The molecule has 6 heteroatoms. The zero-order chi connectivity index (χ0) is 14.7. The molecule has 1 fully saturated rings. The Labute approximate surface area is 116 Å². The van der Waals surface area contributed by atoms with Crippen LogP contribution in [0.5, 0.6) is 0 Å². The normalized spacial score (nSPS) is 18.8. The summed E-state index contributed by atoms with van der Waals surface area (Å²) in [5.74, 6) is -1.23. The molecule has 0 N–H and O–H groups in total. The van der Waals surface area contributed by atoms with Crippen molar-refractivity contribution in [1.82, 2.24) is 4.90 Å². The molecule has 1 saturated heterocycles. The Hall–Kier alpha value is -1.95. The van der Waals surface area contributed by atoms with Gasteiger partial charge in [-0.3, -0.25) is 4.79 Å². The van der Waals surface area contributed by atoms with Gasteiger partial charge in [-0.25, -0.2) is 9.18 Å². The summed E-state index contributed by atoms with van der Waals surface area (Å²) >= 11 is 0. The van der Waals surface area contributed by atoms with Gasteiger partial charge in [0.25, 0.3) is 5.91 Å². The van der Waals surface area contributed by atoms with Gasteiger partial charge in [-0.05, 0) is 30.7 Å². The Morgan fingerprint density at radius 3 is 2.85 bits per heavy atom. The van der Waals surface area contributed by atoms with Crippen molar-refractivity contribution in [2.24, 2.45) is 0 Å². The minimum absolute atomic E-state index is 0.110. The monoisotopic (exact) mass is 281 g/mol. The summed E-state index contributed by atoms with van der Waals surface area (Å²) in [6.07, 6.45) is 0. The van der Waals surface area contributed by atoms with Gasteiger partial charge < -0.3 is 14.4 Å². The summed E-state index contributed by atoms with van der Waals surface area (Å²) in [6, 6.07) is 3.19. The van der Waals surface area contributed by atoms with Crippen LogP contribution in [-0.4, -0.2) is 49.7 Å². The van der Waals surface area contributed by atoms with Crippen LogP contribution < -0.4 is 0 Å². The van der Waals surface area contributed by atoms with Crippen LogP contribution in [0.2, 0.25) is 0 Å². The average Bonchev–Trinajstić information content (AvgIpc) is 2.46.